The molecule has 0 saturated carbocycles. The molecule has 3 aromatic carbocycles. The lowest BCUT2D eigenvalue weighted by Gasteiger charge is -2.13. The Labute approximate surface area is 169 Å². The highest BCUT2D eigenvalue weighted by atomic mass is 16.5. The number of imidazole rings is 1. The van der Waals surface area contributed by atoms with Gasteiger partial charge in [-0.2, -0.15) is 0 Å². The lowest BCUT2D eigenvalue weighted by Crippen LogP contribution is -1.97. The highest BCUT2D eigenvalue weighted by Gasteiger charge is 2.15. The molecule has 4 rings (SSSR count). The van der Waals surface area contributed by atoms with Crippen LogP contribution in [0.15, 0.2) is 79.3 Å². The van der Waals surface area contributed by atoms with E-state index in [2.05, 4.69) is 17.1 Å². The van der Waals surface area contributed by atoms with Crippen LogP contribution in [0.2, 0.25) is 0 Å². The van der Waals surface area contributed by atoms with E-state index in [1.807, 2.05) is 53.1 Å². The maximum absolute atomic E-state index is 10.5. The lowest BCUT2D eigenvalue weighted by atomic mass is 10.00. The Morgan fingerprint density at radius 2 is 1.66 bits per heavy atom. The number of aromatic hydroxyl groups is 2. The Bertz CT molecular complexity index is 1100. The van der Waals surface area contributed by atoms with E-state index in [0.29, 0.717) is 12.0 Å². The number of rotatable bonds is 6. The van der Waals surface area contributed by atoms with Gasteiger partial charge in [0.1, 0.15) is 17.2 Å². The summed E-state index contributed by atoms with van der Waals surface area (Å²) in [5.74, 6) is 0.880. The summed E-state index contributed by atoms with van der Waals surface area (Å²) < 4.78 is 7.12. The fourth-order valence-electron chi connectivity index (χ4n) is 3.39. The molecule has 4 aromatic rings. The molecule has 0 amide bonds. The zero-order chi connectivity index (χ0) is 20.2. The van der Waals surface area contributed by atoms with Gasteiger partial charge in [0.2, 0.25) is 0 Å². The van der Waals surface area contributed by atoms with Crippen LogP contribution in [0, 0.1) is 0 Å². The predicted molar refractivity (Wildman–Crippen MR) is 113 cm³/mol. The van der Waals surface area contributed by atoms with Crippen molar-refractivity contribution in [3.05, 3.63) is 90.4 Å². The number of hydrogen-bond donors (Lipinski definition) is 2. The monoisotopic (exact) mass is 386 g/mol. The number of hydrogen-bond acceptors (Lipinski definition) is 4. The number of benzene rings is 3. The first-order valence-corrected chi connectivity index (χ1v) is 9.41. The summed E-state index contributed by atoms with van der Waals surface area (Å²) in [6.07, 6.45) is 4.88. The van der Waals surface area contributed by atoms with Crippen LogP contribution in [-0.2, 0) is 12.8 Å². The third kappa shape index (κ3) is 3.94. The number of nitrogens with zero attached hydrogens (tertiary/aromatic N) is 2. The van der Waals surface area contributed by atoms with Crippen LogP contribution < -0.4 is 4.74 Å². The highest BCUT2D eigenvalue weighted by molar-refractivity contribution is 5.71. The first kappa shape index (κ1) is 18.6. The molecule has 29 heavy (non-hydrogen) atoms. The highest BCUT2D eigenvalue weighted by Crippen LogP contribution is 2.36. The van der Waals surface area contributed by atoms with Gasteiger partial charge in [-0.25, -0.2) is 4.98 Å². The van der Waals surface area contributed by atoms with Crippen LogP contribution >= 0.6 is 0 Å². The van der Waals surface area contributed by atoms with Crippen LogP contribution in [0.5, 0.6) is 17.2 Å². The van der Waals surface area contributed by atoms with Crippen molar-refractivity contribution in [1.82, 2.24) is 9.55 Å². The summed E-state index contributed by atoms with van der Waals surface area (Å²) in [7, 11) is 1.63. The number of aryl methyl sites for hydroxylation is 2. The Morgan fingerprint density at radius 3 is 2.38 bits per heavy atom. The van der Waals surface area contributed by atoms with Crippen molar-refractivity contribution < 1.29 is 14.9 Å². The molecule has 0 atom stereocenters. The van der Waals surface area contributed by atoms with Gasteiger partial charge in [-0.15, -0.1) is 0 Å². The topological polar surface area (TPSA) is 67.5 Å². The van der Waals surface area contributed by atoms with Crippen molar-refractivity contribution in [2.45, 2.75) is 12.8 Å². The molecular weight excluding hydrogens is 364 g/mol. The maximum atomic E-state index is 10.5. The Kier molecular flexibility index (Phi) is 5.20. The van der Waals surface area contributed by atoms with E-state index < -0.39 is 0 Å². The van der Waals surface area contributed by atoms with Crippen molar-refractivity contribution in [2.24, 2.45) is 0 Å². The van der Waals surface area contributed by atoms with Gasteiger partial charge in [0.25, 0.3) is 0 Å². The third-order valence-corrected chi connectivity index (χ3v) is 4.99. The van der Waals surface area contributed by atoms with E-state index in [0.717, 1.165) is 29.1 Å². The second kappa shape index (κ2) is 8.10. The molecular formula is C24H22N2O3. The van der Waals surface area contributed by atoms with Gasteiger partial charge >= 0.3 is 0 Å². The van der Waals surface area contributed by atoms with E-state index >= 15 is 0 Å². The van der Waals surface area contributed by atoms with Crippen molar-refractivity contribution >= 4 is 0 Å². The van der Waals surface area contributed by atoms with Gasteiger partial charge in [0.15, 0.2) is 0 Å². The van der Waals surface area contributed by atoms with Crippen LogP contribution in [0.3, 0.4) is 0 Å². The Morgan fingerprint density at radius 1 is 0.897 bits per heavy atom. The molecule has 0 saturated heterocycles. The van der Waals surface area contributed by atoms with Gasteiger partial charge in [-0.1, -0.05) is 30.3 Å². The average Bonchev–Trinajstić information content (AvgIpc) is 3.23. The van der Waals surface area contributed by atoms with Gasteiger partial charge < -0.3 is 14.9 Å². The minimum absolute atomic E-state index is 0.0150. The largest absolute Gasteiger partial charge is 0.508 e. The number of phenols is 2. The quantitative estimate of drug-likeness (QED) is 0.502. The molecule has 5 heteroatoms. The molecule has 2 N–H and O–H groups in total. The molecule has 0 radical (unpaired) electrons. The number of phenolic OH excluding ortho intramolecular Hbond substituents is 2. The maximum Gasteiger partial charge on any atom is 0.128 e. The number of aromatic nitrogens is 2. The van der Waals surface area contributed by atoms with E-state index in [1.165, 1.54) is 11.6 Å². The van der Waals surface area contributed by atoms with Crippen molar-refractivity contribution in [3.8, 4) is 34.2 Å². The molecule has 0 aliphatic heterocycles. The van der Waals surface area contributed by atoms with Crippen LogP contribution in [-0.4, -0.2) is 26.9 Å². The van der Waals surface area contributed by atoms with Gasteiger partial charge in [0, 0.05) is 17.3 Å². The molecule has 0 spiro atoms. The Hall–Kier alpha value is -3.73. The molecule has 0 fully saturated rings. The van der Waals surface area contributed by atoms with E-state index in [4.69, 9.17) is 4.74 Å². The van der Waals surface area contributed by atoms with Gasteiger partial charge in [-0.05, 0) is 54.3 Å². The summed E-state index contributed by atoms with van der Waals surface area (Å²) >= 11 is 0. The van der Waals surface area contributed by atoms with Crippen molar-refractivity contribution in [3.63, 3.8) is 0 Å². The molecule has 0 unspecified atom stereocenters. The minimum Gasteiger partial charge on any atom is -0.508 e. The van der Waals surface area contributed by atoms with Crippen LogP contribution in [0.1, 0.15) is 11.1 Å². The average molecular weight is 386 g/mol. The summed E-state index contributed by atoms with van der Waals surface area (Å²) in [6.45, 7) is 0. The zero-order valence-corrected chi connectivity index (χ0v) is 16.1. The second-order valence-electron chi connectivity index (χ2n) is 6.83. The standard InChI is InChI=1S/C24H22N2O3/c1-29-20-11-9-19(10-12-20)26-16-25-15-22(26)21-13-18(23(27)14-24(21)28)8-7-17-5-3-2-4-6-17/h2-6,9-16,27-28H,7-8H2,1H3. The Balaban J connectivity index is 1.67. The van der Waals surface area contributed by atoms with E-state index in [1.54, 1.807) is 19.6 Å². The molecule has 1 heterocycles. The molecule has 1 aromatic heterocycles. The molecule has 0 aliphatic carbocycles. The van der Waals surface area contributed by atoms with E-state index in [-0.39, 0.29) is 11.5 Å². The normalized spacial score (nSPS) is 10.8. The molecule has 5 nitrogen and oxygen atoms in total. The number of ether oxygens (including phenoxy) is 1. The molecule has 146 valence electrons. The minimum atomic E-state index is 0.0150. The molecule has 0 aliphatic rings. The van der Waals surface area contributed by atoms with E-state index in [9.17, 15) is 10.2 Å². The van der Waals surface area contributed by atoms with Crippen molar-refractivity contribution in [1.29, 1.82) is 0 Å². The first-order valence-electron chi connectivity index (χ1n) is 9.41. The first-order chi connectivity index (χ1) is 14.2. The van der Waals surface area contributed by atoms with Crippen LogP contribution in [0.25, 0.3) is 16.9 Å². The van der Waals surface area contributed by atoms with Crippen molar-refractivity contribution in [2.75, 3.05) is 7.11 Å². The fraction of sp³-hybridized carbons (Fsp3) is 0.125. The SMILES string of the molecule is COc1ccc(-n2cncc2-c2cc(CCc3ccccc3)c(O)cc2O)cc1. The second-order valence-corrected chi connectivity index (χ2v) is 6.83. The molecule has 0 bridgehead atoms. The van der Waals surface area contributed by atoms with Crippen LogP contribution in [0.4, 0.5) is 0 Å². The summed E-state index contributed by atoms with van der Waals surface area (Å²) in [6, 6.07) is 21.0. The summed E-state index contributed by atoms with van der Waals surface area (Å²) in [5.41, 5.74) is 4.25. The predicted octanol–water partition coefficient (Wildman–Crippen LogP) is 4.74. The summed E-state index contributed by atoms with van der Waals surface area (Å²) in [5, 5.41) is 20.8. The lowest BCUT2D eigenvalue weighted by molar-refractivity contribution is 0.414. The zero-order valence-electron chi connectivity index (χ0n) is 16.1. The van der Waals surface area contributed by atoms with Gasteiger partial charge in [0.05, 0.1) is 25.3 Å². The van der Waals surface area contributed by atoms with Gasteiger partial charge in [-0.3, -0.25) is 4.57 Å². The smallest absolute Gasteiger partial charge is 0.128 e. The summed E-state index contributed by atoms with van der Waals surface area (Å²) in [4.78, 5) is 4.26. The fourth-order valence-corrected chi connectivity index (χ4v) is 3.39. The third-order valence-electron chi connectivity index (χ3n) is 4.99. The number of methoxy groups -OCH3 is 1.